The van der Waals surface area contributed by atoms with Gasteiger partial charge in [-0.25, -0.2) is 4.39 Å². The second-order valence-corrected chi connectivity index (χ2v) is 6.12. The Morgan fingerprint density at radius 2 is 1.95 bits per heavy atom. The molecule has 0 saturated carbocycles. The van der Waals surface area contributed by atoms with Gasteiger partial charge >= 0.3 is 0 Å². The van der Waals surface area contributed by atoms with E-state index >= 15 is 0 Å². The van der Waals surface area contributed by atoms with Crippen molar-refractivity contribution in [1.29, 1.82) is 0 Å². The van der Waals surface area contributed by atoms with Crippen LogP contribution < -0.4 is 5.32 Å². The largest absolute Gasteiger partial charge is 0.374 e. The second-order valence-electron chi connectivity index (χ2n) is 6.12. The van der Waals surface area contributed by atoms with Crippen LogP contribution in [-0.2, 0) is 22.6 Å². The molecule has 1 aromatic rings. The summed E-state index contributed by atoms with van der Waals surface area (Å²) in [4.78, 5) is 0. The van der Waals surface area contributed by atoms with E-state index in [0.717, 1.165) is 25.1 Å². The van der Waals surface area contributed by atoms with Crippen LogP contribution in [0.25, 0.3) is 0 Å². The number of rotatable bonds is 9. The van der Waals surface area contributed by atoms with Gasteiger partial charge in [-0.05, 0) is 51.4 Å². The Bertz CT molecular complexity index is 416. The number of ether oxygens (including phenoxy) is 2. The van der Waals surface area contributed by atoms with Gasteiger partial charge in [-0.1, -0.05) is 13.0 Å². The van der Waals surface area contributed by atoms with E-state index in [1.807, 2.05) is 32.9 Å². The van der Waals surface area contributed by atoms with Gasteiger partial charge in [0.2, 0.25) is 0 Å². The van der Waals surface area contributed by atoms with E-state index in [9.17, 15) is 4.39 Å². The van der Waals surface area contributed by atoms with Crippen LogP contribution in [0, 0.1) is 5.82 Å². The predicted octanol–water partition coefficient (Wildman–Crippen LogP) is 3.66. The van der Waals surface area contributed by atoms with Crippen molar-refractivity contribution >= 4 is 0 Å². The Morgan fingerprint density at radius 3 is 2.62 bits per heavy atom. The Kier molecular flexibility index (Phi) is 7.86. The average Bonchev–Trinajstić information content (AvgIpc) is 2.40. The molecule has 0 heterocycles. The van der Waals surface area contributed by atoms with Gasteiger partial charge < -0.3 is 14.8 Å². The molecule has 0 aromatic heterocycles. The highest BCUT2D eigenvalue weighted by Gasteiger charge is 2.09. The lowest BCUT2D eigenvalue weighted by atomic mass is 10.1. The first-order valence-electron chi connectivity index (χ1n) is 7.62. The first kappa shape index (κ1) is 18.1. The quantitative estimate of drug-likeness (QED) is 0.706. The van der Waals surface area contributed by atoms with Crippen LogP contribution in [0.2, 0.25) is 0 Å². The summed E-state index contributed by atoms with van der Waals surface area (Å²) in [5, 5.41) is 3.31. The molecule has 1 N–H and O–H groups in total. The highest BCUT2D eigenvalue weighted by molar-refractivity contribution is 5.24. The summed E-state index contributed by atoms with van der Waals surface area (Å²) in [6.07, 6.45) is 1.09. The Labute approximate surface area is 127 Å². The van der Waals surface area contributed by atoms with E-state index < -0.39 is 0 Å². The zero-order chi connectivity index (χ0) is 15.7. The Balaban J connectivity index is 2.37. The van der Waals surface area contributed by atoms with Crippen LogP contribution in [0.5, 0.6) is 0 Å². The molecule has 3 nitrogen and oxygen atoms in total. The zero-order valence-electron chi connectivity index (χ0n) is 13.7. The normalized spacial score (nSPS) is 11.9. The van der Waals surface area contributed by atoms with Crippen LogP contribution in [0.3, 0.4) is 0 Å². The SMILES string of the molecule is CCCNCc1ccc(F)c(COCCOC(C)(C)C)c1. The fourth-order valence-electron chi connectivity index (χ4n) is 1.85. The summed E-state index contributed by atoms with van der Waals surface area (Å²) >= 11 is 0. The van der Waals surface area contributed by atoms with Gasteiger partial charge in [-0.3, -0.25) is 0 Å². The van der Waals surface area contributed by atoms with Crippen LogP contribution in [-0.4, -0.2) is 25.4 Å². The first-order chi connectivity index (χ1) is 9.92. The summed E-state index contributed by atoms with van der Waals surface area (Å²) < 4.78 is 24.8. The second kappa shape index (κ2) is 9.13. The Morgan fingerprint density at radius 1 is 1.19 bits per heavy atom. The molecule has 0 aliphatic heterocycles. The molecule has 0 unspecified atom stereocenters. The minimum Gasteiger partial charge on any atom is -0.374 e. The van der Waals surface area contributed by atoms with Gasteiger partial charge in [0, 0.05) is 12.1 Å². The van der Waals surface area contributed by atoms with E-state index in [1.165, 1.54) is 6.07 Å². The molecule has 0 saturated heterocycles. The Hall–Kier alpha value is -0.970. The van der Waals surface area contributed by atoms with Crippen molar-refractivity contribution in [2.24, 2.45) is 0 Å². The predicted molar refractivity (Wildman–Crippen MR) is 83.8 cm³/mol. The third-order valence-electron chi connectivity index (χ3n) is 2.89. The highest BCUT2D eigenvalue weighted by Crippen LogP contribution is 2.12. The van der Waals surface area contributed by atoms with Gasteiger partial charge in [0.05, 0.1) is 25.4 Å². The number of halogens is 1. The van der Waals surface area contributed by atoms with Crippen LogP contribution in [0.4, 0.5) is 4.39 Å². The molecule has 0 aliphatic rings. The van der Waals surface area contributed by atoms with Crippen molar-refractivity contribution in [3.63, 3.8) is 0 Å². The van der Waals surface area contributed by atoms with Gasteiger partial charge in [-0.2, -0.15) is 0 Å². The maximum Gasteiger partial charge on any atom is 0.128 e. The van der Waals surface area contributed by atoms with Crippen LogP contribution in [0.1, 0.15) is 45.2 Å². The summed E-state index contributed by atoms with van der Waals surface area (Å²) in [5.74, 6) is -0.217. The maximum absolute atomic E-state index is 13.7. The van der Waals surface area contributed by atoms with Gasteiger partial charge in [0.25, 0.3) is 0 Å². The van der Waals surface area contributed by atoms with Crippen LogP contribution in [0.15, 0.2) is 18.2 Å². The molecule has 0 amide bonds. The van der Waals surface area contributed by atoms with Gasteiger partial charge in [0.15, 0.2) is 0 Å². The summed E-state index contributed by atoms with van der Waals surface area (Å²) in [5.41, 5.74) is 1.51. The van der Waals surface area contributed by atoms with Crippen LogP contribution >= 0.6 is 0 Å². The van der Waals surface area contributed by atoms with Crippen molar-refractivity contribution in [1.82, 2.24) is 5.32 Å². The summed E-state index contributed by atoms with van der Waals surface area (Å²) in [6.45, 7) is 11.1. The van der Waals surface area contributed by atoms with Crippen molar-refractivity contribution in [3.8, 4) is 0 Å². The number of hydrogen-bond donors (Lipinski definition) is 1. The lowest BCUT2D eigenvalue weighted by Crippen LogP contribution is -2.21. The lowest BCUT2D eigenvalue weighted by molar-refractivity contribution is -0.0379. The molecule has 0 atom stereocenters. The number of hydrogen-bond acceptors (Lipinski definition) is 3. The minimum absolute atomic E-state index is 0.167. The third kappa shape index (κ3) is 8.15. The topological polar surface area (TPSA) is 30.5 Å². The smallest absolute Gasteiger partial charge is 0.128 e. The van der Waals surface area contributed by atoms with Crippen molar-refractivity contribution in [2.75, 3.05) is 19.8 Å². The standard InChI is InChI=1S/C17H28FNO2/c1-5-8-19-12-14-6-7-16(18)15(11-14)13-20-9-10-21-17(2,3)4/h6-7,11,19H,5,8-10,12-13H2,1-4H3. The number of benzene rings is 1. The lowest BCUT2D eigenvalue weighted by Gasteiger charge is -2.19. The molecule has 1 rings (SSSR count). The maximum atomic E-state index is 13.7. The molecule has 4 heteroatoms. The first-order valence-corrected chi connectivity index (χ1v) is 7.62. The molecule has 21 heavy (non-hydrogen) atoms. The monoisotopic (exact) mass is 297 g/mol. The highest BCUT2D eigenvalue weighted by atomic mass is 19.1. The molecule has 0 radical (unpaired) electrons. The van der Waals surface area contributed by atoms with Crippen molar-refractivity contribution in [3.05, 3.63) is 35.1 Å². The van der Waals surface area contributed by atoms with Gasteiger partial charge in [0.1, 0.15) is 5.82 Å². The zero-order valence-corrected chi connectivity index (χ0v) is 13.7. The minimum atomic E-state index is -0.217. The van der Waals surface area contributed by atoms with E-state index in [0.29, 0.717) is 18.8 Å². The third-order valence-corrected chi connectivity index (χ3v) is 2.89. The number of nitrogens with one attached hydrogen (secondary N) is 1. The summed E-state index contributed by atoms with van der Waals surface area (Å²) in [7, 11) is 0. The van der Waals surface area contributed by atoms with E-state index in [1.54, 1.807) is 0 Å². The molecule has 0 bridgehead atoms. The molecular weight excluding hydrogens is 269 g/mol. The fourth-order valence-corrected chi connectivity index (χ4v) is 1.85. The van der Waals surface area contributed by atoms with E-state index in [2.05, 4.69) is 12.2 Å². The van der Waals surface area contributed by atoms with Gasteiger partial charge in [-0.15, -0.1) is 0 Å². The summed E-state index contributed by atoms with van der Waals surface area (Å²) in [6, 6.07) is 5.18. The van der Waals surface area contributed by atoms with E-state index in [-0.39, 0.29) is 18.0 Å². The van der Waals surface area contributed by atoms with Crippen molar-refractivity contribution < 1.29 is 13.9 Å². The fraction of sp³-hybridized carbons (Fsp3) is 0.647. The van der Waals surface area contributed by atoms with E-state index in [4.69, 9.17) is 9.47 Å². The molecule has 0 aliphatic carbocycles. The molecule has 1 aromatic carbocycles. The molecule has 0 spiro atoms. The average molecular weight is 297 g/mol. The molecular formula is C17H28FNO2. The molecule has 0 fully saturated rings. The molecule has 120 valence electrons. The van der Waals surface area contributed by atoms with Crippen molar-refractivity contribution in [2.45, 2.75) is 52.9 Å².